The van der Waals surface area contributed by atoms with E-state index in [1.54, 1.807) is 12.1 Å². The molecular weight excluding hydrogens is 328 g/mol. The van der Waals surface area contributed by atoms with Gasteiger partial charge in [-0.05, 0) is 31.4 Å². The third kappa shape index (κ3) is 7.26. The normalized spacial score (nSPS) is 17.9. The van der Waals surface area contributed by atoms with Crippen molar-refractivity contribution < 1.29 is 19.4 Å². The zero-order valence-corrected chi connectivity index (χ0v) is 15.8. The van der Waals surface area contributed by atoms with E-state index in [4.69, 9.17) is 9.84 Å². The number of esters is 1. The van der Waals surface area contributed by atoms with Crippen molar-refractivity contribution in [3.05, 3.63) is 60.2 Å². The minimum Gasteiger partial charge on any atom is -0.481 e. The van der Waals surface area contributed by atoms with Crippen molar-refractivity contribution in [2.75, 3.05) is 6.61 Å². The molecule has 142 valence electrons. The molecule has 0 bridgehead atoms. The van der Waals surface area contributed by atoms with E-state index in [1.165, 1.54) is 0 Å². The predicted octanol–water partition coefficient (Wildman–Crippen LogP) is 5.41. The van der Waals surface area contributed by atoms with Gasteiger partial charge in [-0.15, -0.1) is 0 Å². The van der Waals surface area contributed by atoms with Gasteiger partial charge in [0.05, 0.1) is 17.6 Å². The molecule has 0 saturated carbocycles. The van der Waals surface area contributed by atoms with E-state index in [0.717, 1.165) is 32.1 Å². The van der Waals surface area contributed by atoms with Gasteiger partial charge in [0.15, 0.2) is 0 Å². The molecule has 0 spiro atoms. The van der Waals surface area contributed by atoms with Crippen LogP contribution in [0.3, 0.4) is 0 Å². The van der Waals surface area contributed by atoms with E-state index in [1.807, 2.05) is 42.5 Å². The third-order valence-corrected chi connectivity index (χ3v) is 4.29. The molecule has 1 aromatic rings. The summed E-state index contributed by atoms with van der Waals surface area (Å²) in [5, 5.41) is 9.13. The second kappa shape index (κ2) is 12.1. The summed E-state index contributed by atoms with van der Waals surface area (Å²) in [6.07, 6.45) is 12.9. The number of carboxylic acids is 1. The monoisotopic (exact) mass is 358 g/mol. The van der Waals surface area contributed by atoms with E-state index in [0.29, 0.717) is 18.6 Å². The highest BCUT2D eigenvalue weighted by Gasteiger charge is 2.34. The van der Waals surface area contributed by atoms with E-state index in [9.17, 15) is 9.59 Å². The Morgan fingerprint density at radius 1 is 1.08 bits per heavy atom. The van der Waals surface area contributed by atoms with Crippen LogP contribution in [0, 0.1) is 5.41 Å². The second-order valence-corrected chi connectivity index (χ2v) is 6.41. The van der Waals surface area contributed by atoms with Gasteiger partial charge >= 0.3 is 11.9 Å². The van der Waals surface area contributed by atoms with Gasteiger partial charge < -0.3 is 9.84 Å². The minimum absolute atomic E-state index is 0.228. The number of rotatable bonds is 8. The van der Waals surface area contributed by atoms with Crippen molar-refractivity contribution in [3.8, 4) is 0 Å². The summed E-state index contributed by atoms with van der Waals surface area (Å²) in [5.41, 5.74) is 0.00343. The molecule has 1 aliphatic rings. The minimum atomic E-state index is -0.693. The fourth-order valence-corrected chi connectivity index (χ4v) is 2.57. The molecule has 1 aromatic carbocycles. The molecule has 0 aliphatic heterocycles. The molecular formula is C22H30O4. The maximum Gasteiger partial charge on any atom is 0.338 e. The Kier molecular flexibility index (Phi) is 10.1. The number of hydrogen-bond donors (Lipinski definition) is 1. The number of benzene rings is 1. The number of carbonyl (C=O) groups is 2. The van der Waals surface area contributed by atoms with Gasteiger partial charge in [-0.25, -0.2) is 4.79 Å². The number of ether oxygens (including phenoxy) is 1. The number of hydrogen-bond acceptors (Lipinski definition) is 3. The highest BCUT2D eigenvalue weighted by molar-refractivity contribution is 5.89. The zero-order valence-electron chi connectivity index (χ0n) is 15.8. The SMILES string of the molecule is CCCCC1(C(=O)O)C=CC=CC1.CCCCOC(=O)c1ccccc1. The molecule has 2 rings (SSSR count). The summed E-state index contributed by atoms with van der Waals surface area (Å²) in [7, 11) is 0. The molecule has 0 aromatic heterocycles. The van der Waals surface area contributed by atoms with Gasteiger partial charge in [-0.3, -0.25) is 4.79 Å². The Labute approximate surface area is 156 Å². The molecule has 1 N–H and O–H groups in total. The Hall–Kier alpha value is -2.36. The highest BCUT2D eigenvalue weighted by Crippen LogP contribution is 2.33. The fraction of sp³-hybridized carbons (Fsp3) is 0.455. The number of allylic oxidation sites excluding steroid dienone is 3. The highest BCUT2D eigenvalue weighted by atomic mass is 16.5. The van der Waals surface area contributed by atoms with Gasteiger partial charge in [-0.2, -0.15) is 0 Å². The number of carboxylic acid groups (broad SMARTS) is 1. The molecule has 1 unspecified atom stereocenters. The Morgan fingerprint density at radius 3 is 2.31 bits per heavy atom. The zero-order chi connectivity index (χ0) is 19.3. The van der Waals surface area contributed by atoms with Crippen LogP contribution in [0.25, 0.3) is 0 Å². The van der Waals surface area contributed by atoms with Crippen molar-refractivity contribution in [2.24, 2.45) is 5.41 Å². The molecule has 0 amide bonds. The lowest BCUT2D eigenvalue weighted by Crippen LogP contribution is -2.29. The maximum atomic E-state index is 11.3. The van der Waals surface area contributed by atoms with Crippen molar-refractivity contribution >= 4 is 11.9 Å². The summed E-state index contributed by atoms with van der Waals surface area (Å²) in [6, 6.07) is 9.05. The lowest BCUT2D eigenvalue weighted by atomic mass is 9.77. The van der Waals surface area contributed by atoms with Crippen LogP contribution in [-0.2, 0) is 9.53 Å². The standard InChI is InChI=1S/C11H14O2.C11H16O2/c1-2-3-9-13-11(12)10-7-5-4-6-8-10;1-2-3-7-11(10(12)13)8-5-4-6-9-11/h4-8H,2-3,9H2,1H3;4-6,8H,2-3,7,9H2,1H3,(H,12,13). The molecule has 0 radical (unpaired) electrons. The van der Waals surface area contributed by atoms with Gasteiger partial charge in [0.2, 0.25) is 0 Å². The van der Waals surface area contributed by atoms with Crippen molar-refractivity contribution in [1.29, 1.82) is 0 Å². The smallest absolute Gasteiger partial charge is 0.338 e. The summed E-state index contributed by atoms with van der Waals surface area (Å²) in [4.78, 5) is 22.4. The van der Waals surface area contributed by atoms with E-state index in [2.05, 4.69) is 13.8 Å². The van der Waals surface area contributed by atoms with Crippen molar-refractivity contribution in [2.45, 2.75) is 52.4 Å². The fourth-order valence-electron chi connectivity index (χ4n) is 2.57. The van der Waals surface area contributed by atoms with Gasteiger partial charge in [0.25, 0.3) is 0 Å². The first-order chi connectivity index (χ1) is 12.6. The van der Waals surface area contributed by atoms with Gasteiger partial charge in [0.1, 0.15) is 0 Å². The molecule has 1 aliphatic carbocycles. The number of unbranched alkanes of at least 4 members (excludes halogenated alkanes) is 2. The van der Waals surface area contributed by atoms with Crippen LogP contribution in [0.15, 0.2) is 54.6 Å². The lowest BCUT2D eigenvalue weighted by molar-refractivity contribution is -0.146. The topological polar surface area (TPSA) is 63.6 Å². The summed E-state index contributed by atoms with van der Waals surface area (Å²) >= 11 is 0. The quantitative estimate of drug-likeness (QED) is 0.499. The lowest BCUT2D eigenvalue weighted by Gasteiger charge is -2.26. The van der Waals surface area contributed by atoms with Crippen LogP contribution in [0.2, 0.25) is 0 Å². The first kappa shape index (κ1) is 21.7. The van der Waals surface area contributed by atoms with E-state index in [-0.39, 0.29) is 5.97 Å². The third-order valence-electron chi connectivity index (χ3n) is 4.29. The van der Waals surface area contributed by atoms with Crippen LogP contribution < -0.4 is 0 Å². The number of carbonyl (C=O) groups excluding carboxylic acids is 1. The van der Waals surface area contributed by atoms with Crippen LogP contribution in [0.5, 0.6) is 0 Å². The summed E-state index contributed by atoms with van der Waals surface area (Å²) in [6.45, 7) is 4.67. The maximum absolute atomic E-state index is 11.3. The van der Waals surface area contributed by atoms with Crippen LogP contribution >= 0.6 is 0 Å². The van der Waals surface area contributed by atoms with Gasteiger partial charge in [-0.1, -0.05) is 75.6 Å². The van der Waals surface area contributed by atoms with Crippen LogP contribution in [0.4, 0.5) is 0 Å². The van der Waals surface area contributed by atoms with Crippen LogP contribution in [-0.4, -0.2) is 23.7 Å². The molecule has 0 saturated heterocycles. The Morgan fingerprint density at radius 2 is 1.77 bits per heavy atom. The molecule has 0 heterocycles. The first-order valence-corrected chi connectivity index (χ1v) is 9.35. The van der Waals surface area contributed by atoms with Crippen LogP contribution in [0.1, 0.15) is 62.7 Å². The molecule has 0 fully saturated rings. The van der Waals surface area contributed by atoms with Crippen molar-refractivity contribution in [3.63, 3.8) is 0 Å². The summed E-state index contributed by atoms with van der Waals surface area (Å²) in [5.74, 6) is -0.921. The average Bonchev–Trinajstić information content (AvgIpc) is 2.68. The predicted molar refractivity (Wildman–Crippen MR) is 104 cm³/mol. The number of aliphatic carboxylic acids is 1. The second-order valence-electron chi connectivity index (χ2n) is 6.41. The van der Waals surface area contributed by atoms with Gasteiger partial charge in [0, 0.05) is 0 Å². The largest absolute Gasteiger partial charge is 0.481 e. The van der Waals surface area contributed by atoms with Crippen molar-refractivity contribution in [1.82, 2.24) is 0 Å². The Balaban J connectivity index is 0.000000260. The Bertz CT molecular complexity index is 604. The molecule has 4 heteroatoms. The van der Waals surface area contributed by atoms with E-state index >= 15 is 0 Å². The first-order valence-electron chi connectivity index (χ1n) is 9.35. The molecule has 26 heavy (non-hydrogen) atoms. The van der Waals surface area contributed by atoms with E-state index < -0.39 is 11.4 Å². The molecule has 1 atom stereocenters. The molecule has 4 nitrogen and oxygen atoms in total. The average molecular weight is 358 g/mol. The summed E-state index contributed by atoms with van der Waals surface area (Å²) < 4.78 is 5.03.